The monoisotopic (exact) mass is 561 g/mol. The van der Waals surface area contributed by atoms with Crippen molar-refractivity contribution in [2.24, 2.45) is 0 Å². The molecule has 0 radical (unpaired) electrons. The fourth-order valence-electron chi connectivity index (χ4n) is 3.77. The van der Waals surface area contributed by atoms with Crippen molar-refractivity contribution in [1.82, 2.24) is 10.2 Å². The van der Waals surface area contributed by atoms with Gasteiger partial charge < -0.3 is 15.0 Å². The second kappa shape index (κ2) is 12.7. The van der Waals surface area contributed by atoms with Crippen molar-refractivity contribution in [1.29, 1.82) is 0 Å². The van der Waals surface area contributed by atoms with Crippen LogP contribution in [-0.4, -0.2) is 51.4 Å². The number of ether oxygens (including phenoxy) is 1. The largest absolute Gasteiger partial charge is 0.495 e. The first kappa shape index (κ1) is 28.9. The van der Waals surface area contributed by atoms with E-state index in [9.17, 15) is 22.4 Å². The van der Waals surface area contributed by atoms with Crippen LogP contribution in [0.3, 0.4) is 0 Å². The fraction of sp³-hybridized carbons (Fsp3) is 0.259. The Morgan fingerprint density at radius 1 is 1.05 bits per heavy atom. The van der Waals surface area contributed by atoms with E-state index >= 15 is 0 Å². The molecule has 2 amide bonds. The van der Waals surface area contributed by atoms with E-state index in [-0.39, 0.29) is 27.7 Å². The average Bonchev–Trinajstić information content (AvgIpc) is 2.91. The van der Waals surface area contributed by atoms with Crippen LogP contribution >= 0.6 is 11.6 Å². The molecular formula is C27H29ClFN3O5S. The lowest BCUT2D eigenvalue weighted by Gasteiger charge is -2.32. The molecular weight excluding hydrogens is 533 g/mol. The zero-order chi connectivity index (χ0) is 27.9. The van der Waals surface area contributed by atoms with Gasteiger partial charge in [-0.15, -0.1) is 0 Å². The summed E-state index contributed by atoms with van der Waals surface area (Å²) in [6.45, 7) is 2.65. The maximum absolute atomic E-state index is 14.5. The van der Waals surface area contributed by atoms with Gasteiger partial charge in [0.05, 0.1) is 22.7 Å². The molecule has 0 aliphatic heterocycles. The van der Waals surface area contributed by atoms with Gasteiger partial charge in [0.1, 0.15) is 24.2 Å². The highest BCUT2D eigenvalue weighted by Crippen LogP contribution is 2.32. The number of hydrogen-bond acceptors (Lipinski definition) is 5. The molecule has 1 atom stereocenters. The van der Waals surface area contributed by atoms with Crippen LogP contribution in [-0.2, 0) is 26.2 Å². The Balaban J connectivity index is 2.06. The van der Waals surface area contributed by atoms with Crippen LogP contribution in [0.2, 0.25) is 5.02 Å². The van der Waals surface area contributed by atoms with Gasteiger partial charge in [-0.05, 0) is 50.2 Å². The number of nitrogens with one attached hydrogen (secondary N) is 1. The minimum atomic E-state index is -4.24. The molecule has 0 saturated carbocycles. The van der Waals surface area contributed by atoms with Crippen LogP contribution in [0.4, 0.5) is 10.1 Å². The van der Waals surface area contributed by atoms with Crippen LogP contribution in [0.1, 0.15) is 19.4 Å². The first-order chi connectivity index (χ1) is 18.1. The van der Waals surface area contributed by atoms with Gasteiger partial charge in [0.25, 0.3) is 10.0 Å². The van der Waals surface area contributed by atoms with Gasteiger partial charge in [0, 0.05) is 18.7 Å². The fourth-order valence-corrected chi connectivity index (χ4v) is 5.45. The Morgan fingerprint density at radius 2 is 1.71 bits per heavy atom. The van der Waals surface area contributed by atoms with Crippen LogP contribution < -0.4 is 14.4 Å². The number of methoxy groups -OCH3 is 1. The van der Waals surface area contributed by atoms with E-state index in [1.165, 1.54) is 62.6 Å². The lowest BCUT2D eigenvalue weighted by atomic mass is 10.1. The number of anilines is 1. The van der Waals surface area contributed by atoms with E-state index in [0.29, 0.717) is 12.3 Å². The molecule has 8 nitrogen and oxygen atoms in total. The number of sulfonamides is 1. The maximum atomic E-state index is 14.5. The first-order valence-corrected chi connectivity index (χ1v) is 13.6. The van der Waals surface area contributed by atoms with Crippen molar-refractivity contribution < 1.29 is 27.1 Å². The van der Waals surface area contributed by atoms with Crippen molar-refractivity contribution in [2.45, 2.75) is 31.3 Å². The number of amides is 2. The third kappa shape index (κ3) is 6.62. The standard InChI is InChI=1S/C27H29ClFN3O5S/c1-4-30-27(34)19(2)31(17-20-10-8-9-13-24(20)29)26(33)18-32(21-14-15-25(37-3)23(28)16-21)38(35,36)22-11-6-5-7-12-22/h5-16,19H,4,17-18H2,1-3H3,(H,30,34)/t19-/m0/s1. The molecule has 3 rings (SSSR count). The van der Waals surface area contributed by atoms with E-state index in [2.05, 4.69) is 5.32 Å². The van der Waals surface area contributed by atoms with Gasteiger partial charge in [0.2, 0.25) is 11.8 Å². The van der Waals surface area contributed by atoms with Crippen molar-refractivity contribution in [3.63, 3.8) is 0 Å². The summed E-state index contributed by atoms with van der Waals surface area (Å²) < 4.78 is 48.0. The Hall–Kier alpha value is -3.63. The van der Waals surface area contributed by atoms with E-state index in [1.807, 2.05) is 0 Å². The molecule has 0 bridgehead atoms. The summed E-state index contributed by atoms with van der Waals surface area (Å²) in [7, 11) is -2.82. The number of likely N-dealkylation sites (N-methyl/N-ethyl adjacent to an activating group) is 1. The SMILES string of the molecule is CCNC(=O)[C@H](C)N(Cc1ccccc1F)C(=O)CN(c1ccc(OC)c(Cl)c1)S(=O)(=O)c1ccccc1. The molecule has 0 heterocycles. The lowest BCUT2D eigenvalue weighted by molar-refractivity contribution is -0.139. The van der Waals surface area contributed by atoms with Crippen LogP contribution in [0.5, 0.6) is 5.75 Å². The first-order valence-electron chi connectivity index (χ1n) is 11.8. The minimum Gasteiger partial charge on any atom is -0.495 e. The third-order valence-electron chi connectivity index (χ3n) is 5.85. The highest BCUT2D eigenvalue weighted by atomic mass is 35.5. The number of carbonyl (C=O) groups excluding carboxylic acids is 2. The number of benzene rings is 3. The smallest absolute Gasteiger partial charge is 0.264 e. The van der Waals surface area contributed by atoms with Gasteiger partial charge in [-0.25, -0.2) is 12.8 Å². The molecule has 3 aromatic carbocycles. The quantitative estimate of drug-likeness (QED) is 0.378. The molecule has 3 aromatic rings. The second-order valence-electron chi connectivity index (χ2n) is 8.33. The summed E-state index contributed by atoms with van der Waals surface area (Å²) in [5, 5.41) is 2.80. The van der Waals surface area contributed by atoms with Gasteiger partial charge in [0.15, 0.2) is 0 Å². The van der Waals surface area contributed by atoms with Gasteiger partial charge >= 0.3 is 0 Å². The molecule has 0 aliphatic rings. The molecule has 1 N–H and O–H groups in total. The number of carbonyl (C=O) groups is 2. The topological polar surface area (TPSA) is 96.0 Å². The summed E-state index contributed by atoms with van der Waals surface area (Å²) in [6, 6.07) is 16.8. The molecule has 0 unspecified atom stereocenters. The number of halogens is 2. The molecule has 11 heteroatoms. The van der Waals surface area contributed by atoms with Crippen LogP contribution in [0, 0.1) is 5.82 Å². The van der Waals surface area contributed by atoms with Crippen molar-refractivity contribution in [3.8, 4) is 5.75 Å². The molecule has 0 fully saturated rings. The van der Waals surface area contributed by atoms with Gasteiger partial charge in [-0.1, -0.05) is 48.0 Å². The summed E-state index contributed by atoms with van der Waals surface area (Å²) in [4.78, 5) is 27.5. The molecule has 202 valence electrons. The number of hydrogen-bond donors (Lipinski definition) is 1. The molecule has 0 aromatic heterocycles. The van der Waals surface area contributed by atoms with E-state index in [1.54, 1.807) is 31.2 Å². The van der Waals surface area contributed by atoms with Crippen LogP contribution in [0.15, 0.2) is 77.7 Å². The Labute approximate surface area is 227 Å². The number of rotatable bonds is 11. The van der Waals surface area contributed by atoms with Crippen molar-refractivity contribution >= 4 is 39.1 Å². The van der Waals surface area contributed by atoms with E-state index < -0.39 is 40.2 Å². The minimum absolute atomic E-state index is 0.0443. The molecule has 0 saturated heterocycles. The average molecular weight is 562 g/mol. The highest BCUT2D eigenvalue weighted by Gasteiger charge is 2.33. The normalized spacial score (nSPS) is 11.9. The third-order valence-corrected chi connectivity index (χ3v) is 7.93. The summed E-state index contributed by atoms with van der Waals surface area (Å²) >= 11 is 6.28. The zero-order valence-electron chi connectivity index (χ0n) is 21.2. The van der Waals surface area contributed by atoms with Gasteiger partial charge in [-0.2, -0.15) is 0 Å². The lowest BCUT2D eigenvalue weighted by Crippen LogP contribution is -2.51. The van der Waals surface area contributed by atoms with Crippen LogP contribution in [0.25, 0.3) is 0 Å². The Morgan fingerprint density at radius 3 is 2.32 bits per heavy atom. The molecule has 38 heavy (non-hydrogen) atoms. The van der Waals surface area contributed by atoms with Crippen molar-refractivity contribution in [3.05, 3.63) is 89.2 Å². The second-order valence-corrected chi connectivity index (χ2v) is 10.6. The molecule has 0 spiro atoms. The van der Waals surface area contributed by atoms with Crippen molar-refractivity contribution in [2.75, 3.05) is 24.5 Å². The molecule has 0 aliphatic carbocycles. The van der Waals surface area contributed by atoms with Gasteiger partial charge in [-0.3, -0.25) is 13.9 Å². The predicted molar refractivity (Wildman–Crippen MR) is 144 cm³/mol. The number of nitrogens with zero attached hydrogens (tertiary/aromatic N) is 2. The summed E-state index contributed by atoms with van der Waals surface area (Å²) in [5.74, 6) is -1.39. The Bertz CT molecular complexity index is 1390. The summed E-state index contributed by atoms with van der Waals surface area (Å²) in [5.41, 5.74) is 0.298. The highest BCUT2D eigenvalue weighted by molar-refractivity contribution is 7.92. The maximum Gasteiger partial charge on any atom is 0.264 e. The Kier molecular flexibility index (Phi) is 9.71. The predicted octanol–water partition coefficient (Wildman–Crippen LogP) is 4.24. The zero-order valence-corrected chi connectivity index (χ0v) is 22.8. The van der Waals surface area contributed by atoms with E-state index in [0.717, 1.165) is 9.21 Å². The van der Waals surface area contributed by atoms with E-state index in [4.69, 9.17) is 16.3 Å². The summed E-state index contributed by atoms with van der Waals surface area (Å²) in [6.07, 6.45) is 0.